The van der Waals surface area contributed by atoms with Crippen molar-refractivity contribution in [2.75, 3.05) is 14.1 Å². The van der Waals surface area contributed by atoms with Gasteiger partial charge in [-0.2, -0.15) is 5.10 Å². The average molecular weight is 305 g/mol. The molecule has 2 aliphatic rings. The van der Waals surface area contributed by atoms with Crippen molar-refractivity contribution in [3.63, 3.8) is 0 Å². The van der Waals surface area contributed by atoms with Gasteiger partial charge in [0.25, 0.3) is 0 Å². The van der Waals surface area contributed by atoms with Crippen LogP contribution < -0.4 is 10.6 Å². The van der Waals surface area contributed by atoms with Crippen LogP contribution in [0.25, 0.3) is 0 Å². The Balaban J connectivity index is 1.47. The van der Waals surface area contributed by atoms with E-state index < -0.39 is 0 Å². The fourth-order valence-corrected chi connectivity index (χ4v) is 3.72. The first-order valence-electron chi connectivity index (χ1n) is 8.36. The number of nitrogens with one attached hydrogen (secondary N) is 3. The molecule has 0 aliphatic heterocycles. The van der Waals surface area contributed by atoms with Gasteiger partial charge in [-0.25, -0.2) is 4.79 Å². The Bertz CT molecular complexity index is 512. The van der Waals surface area contributed by atoms with E-state index in [1.165, 1.54) is 24.1 Å². The van der Waals surface area contributed by atoms with Crippen molar-refractivity contribution in [3.05, 3.63) is 17.5 Å². The lowest BCUT2D eigenvalue weighted by atomic mass is 9.90. The largest absolute Gasteiger partial charge is 0.335 e. The maximum Gasteiger partial charge on any atom is 0.315 e. The number of rotatable bonds is 3. The van der Waals surface area contributed by atoms with E-state index in [1.807, 2.05) is 6.20 Å². The van der Waals surface area contributed by atoms with Crippen LogP contribution in [0.3, 0.4) is 0 Å². The van der Waals surface area contributed by atoms with Crippen molar-refractivity contribution < 1.29 is 4.79 Å². The van der Waals surface area contributed by atoms with E-state index in [-0.39, 0.29) is 12.1 Å². The molecule has 3 N–H and O–H groups in total. The van der Waals surface area contributed by atoms with Crippen molar-refractivity contribution in [2.45, 2.75) is 63.1 Å². The van der Waals surface area contributed by atoms with Gasteiger partial charge in [0.2, 0.25) is 0 Å². The number of H-pyrrole nitrogens is 1. The predicted molar refractivity (Wildman–Crippen MR) is 85.8 cm³/mol. The molecule has 1 saturated carbocycles. The number of fused-ring (bicyclic) bond motifs is 1. The molecule has 3 unspecified atom stereocenters. The first-order chi connectivity index (χ1) is 10.6. The van der Waals surface area contributed by atoms with E-state index >= 15 is 0 Å². The Morgan fingerprint density at radius 3 is 2.91 bits per heavy atom. The number of aromatic amines is 1. The molecule has 0 radical (unpaired) electrons. The molecule has 1 aromatic rings. The number of amides is 2. The summed E-state index contributed by atoms with van der Waals surface area (Å²) in [6.45, 7) is 0. The highest BCUT2D eigenvalue weighted by molar-refractivity contribution is 5.74. The third kappa shape index (κ3) is 3.61. The minimum atomic E-state index is -0.0126. The fourth-order valence-electron chi connectivity index (χ4n) is 3.72. The summed E-state index contributed by atoms with van der Waals surface area (Å²) in [5.74, 6) is 0. The van der Waals surface area contributed by atoms with Crippen LogP contribution in [0.15, 0.2) is 6.20 Å². The van der Waals surface area contributed by atoms with E-state index in [1.54, 1.807) is 0 Å². The maximum atomic E-state index is 12.2. The zero-order chi connectivity index (χ0) is 15.5. The van der Waals surface area contributed by atoms with Crippen LogP contribution in [-0.2, 0) is 12.8 Å². The monoisotopic (exact) mass is 305 g/mol. The van der Waals surface area contributed by atoms with Crippen molar-refractivity contribution >= 4 is 6.03 Å². The zero-order valence-corrected chi connectivity index (χ0v) is 13.6. The summed E-state index contributed by atoms with van der Waals surface area (Å²) in [4.78, 5) is 14.5. The quantitative estimate of drug-likeness (QED) is 0.791. The van der Waals surface area contributed by atoms with Gasteiger partial charge in [-0.1, -0.05) is 0 Å². The summed E-state index contributed by atoms with van der Waals surface area (Å²) in [6, 6.07) is 1.09. The fraction of sp³-hybridized carbons (Fsp3) is 0.750. The number of aryl methyl sites for hydroxylation is 1. The normalized spacial score (nSPS) is 28.2. The molecule has 2 aliphatic carbocycles. The van der Waals surface area contributed by atoms with Crippen LogP contribution in [0, 0.1) is 0 Å². The molecule has 2 amide bonds. The van der Waals surface area contributed by atoms with Crippen LogP contribution >= 0.6 is 0 Å². The molecular formula is C16H27N5O. The summed E-state index contributed by atoms with van der Waals surface area (Å²) in [7, 11) is 4.25. The first kappa shape index (κ1) is 15.3. The van der Waals surface area contributed by atoms with Gasteiger partial charge in [0.05, 0.1) is 6.20 Å². The molecule has 3 atom stereocenters. The number of nitrogens with zero attached hydrogens (tertiary/aromatic N) is 2. The van der Waals surface area contributed by atoms with E-state index in [0.717, 1.165) is 32.1 Å². The predicted octanol–water partition coefficient (Wildman–Crippen LogP) is 1.44. The number of carbonyl (C=O) groups excluding carboxylic acids is 1. The zero-order valence-electron chi connectivity index (χ0n) is 13.6. The van der Waals surface area contributed by atoms with Crippen LogP contribution in [-0.4, -0.2) is 53.3 Å². The number of hydrogen-bond donors (Lipinski definition) is 3. The molecule has 0 spiro atoms. The lowest BCUT2D eigenvalue weighted by molar-refractivity contribution is 0.191. The number of carbonyl (C=O) groups is 1. The van der Waals surface area contributed by atoms with Crippen molar-refractivity contribution in [1.29, 1.82) is 0 Å². The molecule has 3 rings (SSSR count). The molecular weight excluding hydrogens is 278 g/mol. The SMILES string of the molecule is CN(C)C1CCCC(NC(=O)NC2CCc3[nH]ncc3C2)C1. The highest BCUT2D eigenvalue weighted by atomic mass is 16.2. The van der Waals surface area contributed by atoms with Gasteiger partial charge < -0.3 is 15.5 Å². The minimum Gasteiger partial charge on any atom is -0.335 e. The van der Waals surface area contributed by atoms with E-state index in [9.17, 15) is 4.79 Å². The van der Waals surface area contributed by atoms with Gasteiger partial charge >= 0.3 is 6.03 Å². The third-order valence-electron chi connectivity index (χ3n) is 5.06. The highest BCUT2D eigenvalue weighted by Crippen LogP contribution is 2.22. The molecule has 1 aromatic heterocycles. The Morgan fingerprint density at radius 1 is 1.27 bits per heavy atom. The second-order valence-corrected chi connectivity index (χ2v) is 6.91. The number of aromatic nitrogens is 2. The van der Waals surface area contributed by atoms with Crippen LogP contribution in [0.5, 0.6) is 0 Å². The molecule has 6 heteroatoms. The van der Waals surface area contributed by atoms with Crippen LogP contribution in [0.2, 0.25) is 0 Å². The summed E-state index contributed by atoms with van der Waals surface area (Å²) in [5.41, 5.74) is 2.46. The molecule has 6 nitrogen and oxygen atoms in total. The Morgan fingerprint density at radius 2 is 2.09 bits per heavy atom. The van der Waals surface area contributed by atoms with Crippen LogP contribution in [0.1, 0.15) is 43.4 Å². The topological polar surface area (TPSA) is 73.1 Å². The number of urea groups is 1. The van der Waals surface area contributed by atoms with Crippen LogP contribution in [0.4, 0.5) is 4.79 Å². The summed E-state index contributed by atoms with van der Waals surface area (Å²) >= 11 is 0. The molecule has 0 saturated heterocycles. The first-order valence-corrected chi connectivity index (χ1v) is 8.36. The van der Waals surface area contributed by atoms with Gasteiger partial charge in [0, 0.05) is 23.8 Å². The smallest absolute Gasteiger partial charge is 0.315 e. The summed E-state index contributed by atoms with van der Waals surface area (Å²) in [6.07, 6.45) is 9.27. The second kappa shape index (κ2) is 6.69. The average Bonchev–Trinajstić information content (AvgIpc) is 2.95. The maximum absolute atomic E-state index is 12.2. The molecule has 1 heterocycles. The van der Waals surface area contributed by atoms with Gasteiger partial charge in [-0.3, -0.25) is 5.10 Å². The van der Waals surface area contributed by atoms with Crippen molar-refractivity contribution in [3.8, 4) is 0 Å². The Kier molecular flexibility index (Phi) is 4.66. The Labute approximate surface area is 132 Å². The molecule has 0 bridgehead atoms. The minimum absolute atomic E-state index is 0.0126. The van der Waals surface area contributed by atoms with Crippen molar-refractivity contribution in [2.24, 2.45) is 0 Å². The van der Waals surface area contributed by atoms with Gasteiger partial charge in [0.1, 0.15) is 0 Å². The number of hydrogen-bond acceptors (Lipinski definition) is 3. The molecule has 122 valence electrons. The molecule has 0 aromatic carbocycles. The van der Waals surface area contributed by atoms with Gasteiger partial charge in [-0.05, 0) is 64.6 Å². The van der Waals surface area contributed by atoms with Gasteiger partial charge in [-0.15, -0.1) is 0 Å². The molecule has 1 fully saturated rings. The van der Waals surface area contributed by atoms with E-state index in [4.69, 9.17) is 0 Å². The van der Waals surface area contributed by atoms with E-state index in [0.29, 0.717) is 12.1 Å². The lowest BCUT2D eigenvalue weighted by Gasteiger charge is -2.34. The third-order valence-corrected chi connectivity index (χ3v) is 5.06. The van der Waals surface area contributed by atoms with E-state index in [2.05, 4.69) is 39.8 Å². The Hall–Kier alpha value is -1.56. The summed E-state index contributed by atoms with van der Waals surface area (Å²) in [5, 5.41) is 13.4. The highest BCUT2D eigenvalue weighted by Gasteiger charge is 2.26. The summed E-state index contributed by atoms with van der Waals surface area (Å²) < 4.78 is 0. The second-order valence-electron chi connectivity index (χ2n) is 6.91. The van der Waals surface area contributed by atoms with Crippen molar-refractivity contribution in [1.82, 2.24) is 25.7 Å². The molecule has 22 heavy (non-hydrogen) atoms. The standard InChI is InChI=1S/C16H27N5O/c1-21(2)14-5-3-4-12(9-14)18-16(22)19-13-6-7-15-11(8-13)10-17-20-15/h10,12-14H,3-9H2,1-2H3,(H,17,20)(H2,18,19,22). The lowest BCUT2D eigenvalue weighted by Crippen LogP contribution is -2.50. The van der Waals surface area contributed by atoms with Gasteiger partial charge in [0.15, 0.2) is 0 Å².